The van der Waals surface area contributed by atoms with E-state index in [-0.39, 0.29) is 11.5 Å². The molecule has 0 aliphatic carbocycles. The average molecular weight is 466 g/mol. The number of hydrogen-bond acceptors (Lipinski definition) is 5. The monoisotopic (exact) mass is 465 g/mol. The van der Waals surface area contributed by atoms with Crippen LogP contribution in [0.2, 0.25) is 5.02 Å². The number of nitrogens with one attached hydrogen (secondary N) is 1. The minimum atomic E-state index is -0.130. The van der Waals surface area contributed by atoms with Gasteiger partial charge in [0.05, 0.1) is 16.5 Å². The van der Waals surface area contributed by atoms with Crippen molar-refractivity contribution in [3.8, 4) is 22.6 Å². The molecule has 0 unspecified atom stereocenters. The number of phenolic OH excluding ortho intramolecular Hbond substituents is 1. The second kappa shape index (κ2) is 10.2. The number of ether oxygens (including phenoxy) is 1. The summed E-state index contributed by atoms with van der Waals surface area (Å²) in [6.07, 6.45) is 0.935. The van der Waals surface area contributed by atoms with Crippen LogP contribution < -0.4 is 10.1 Å². The van der Waals surface area contributed by atoms with Crippen molar-refractivity contribution < 1.29 is 14.6 Å². The molecule has 0 saturated carbocycles. The van der Waals surface area contributed by atoms with E-state index in [1.807, 2.05) is 30.3 Å². The lowest BCUT2D eigenvalue weighted by Crippen LogP contribution is -2.16. The lowest BCUT2D eigenvalue weighted by Gasteiger charge is -2.09. The predicted molar refractivity (Wildman–Crippen MR) is 132 cm³/mol. The van der Waals surface area contributed by atoms with Crippen LogP contribution in [-0.2, 0) is 0 Å². The minimum Gasteiger partial charge on any atom is -0.508 e. The number of halogens is 1. The van der Waals surface area contributed by atoms with Gasteiger partial charge in [-0.2, -0.15) is 0 Å². The summed E-state index contributed by atoms with van der Waals surface area (Å²) in [6.45, 7) is 4.61. The first kappa shape index (κ1) is 22.3. The lowest BCUT2D eigenvalue weighted by atomic mass is 9.98. The third-order valence-electron chi connectivity index (χ3n) is 5.16. The van der Waals surface area contributed by atoms with Crippen molar-refractivity contribution in [2.75, 3.05) is 19.7 Å². The van der Waals surface area contributed by atoms with Crippen LogP contribution in [0.25, 0.3) is 21.2 Å². The zero-order valence-corrected chi connectivity index (χ0v) is 19.3. The van der Waals surface area contributed by atoms with E-state index in [1.54, 1.807) is 36.4 Å². The fourth-order valence-corrected chi connectivity index (χ4v) is 5.01. The van der Waals surface area contributed by atoms with Crippen LogP contribution in [0.5, 0.6) is 11.5 Å². The second-order valence-electron chi connectivity index (χ2n) is 7.38. The van der Waals surface area contributed by atoms with E-state index in [1.165, 1.54) is 11.3 Å². The van der Waals surface area contributed by atoms with Crippen molar-refractivity contribution in [1.29, 1.82) is 0 Å². The van der Waals surface area contributed by atoms with E-state index < -0.39 is 0 Å². The SMILES string of the molecule is CCNCCCOc1ccc(-c2c(C(=O)c3ccccc3Cl)sc3cc(O)ccc23)cc1. The number of ketones is 1. The summed E-state index contributed by atoms with van der Waals surface area (Å²) in [5.74, 6) is 0.833. The Kier molecular flexibility index (Phi) is 7.10. The summed E-state index contributed by atoms with van der Waals surface area (Å²) in [5, 5.41) is 14.6. The molecule has 0 aliphatic heterocycles. The Morgan fingerprint density at radius 3 is 2.62 bits per heavy atom. The number of fused-ring (bicyclic) bond motifs is 1. The average Bonchev–Trinajstić information content (AvgIpc) is 3.18. The van der Waals surface area contributed by atoms with Crippen LogP contribution in [0.4, 0.5) is 0 Å². The third kappa shape index (κ3) is 4.80. The minimum absolute atomic E-state index is 0.130. The molecule has 1 aromatic heterocycles. The number of carbonyl (C=O) groups is 1. The van der Waals surface area contributed by atoms with Crippen molar-refractivity contribution in [3.63, 3.8) is 0 Å². The van der Waals surface area contributed by atoms with Gasteiger partial charge in [0.25, 0.3) is 0 Å². The Balaban J connectivity index is 1.69. The number of thiophene rings is 1. The molecule has 0 bridgehead atoms. The molecule has 0 fully saturated rings. The molecule has 3 aromatic carbocycles. The van der Waals surface area contributed by atoms with Crippen molar-refractivity contribution in [1.82, 2.24) is 5.32 Å². The van der Waals surface area contributed by atoms with E-state index in [4.69, 9.17) is 16.3 Å². The van der Waals surface area contributed by atoms with E-state index in [2.05, 4.69) is 12.2 Å². The molecule has 0 atom stereocenters. The fraction of sp³-hybridized carbons (Fsp3) is 0.192. The first-order valence-corrected chi connectivity index (χ1v) is 11.8. The molecule has 0 radical (unpaired) electrons. The number of aromatic hydroxyl groups is 1. The maximum atomic E-state index is 13.4. The molecular formula is C26H24ClNO3S. The van der Waals surface area contributed by atoms with Crippen molar-refractivity contribution in [2.45, 2.75) is 13.3 Å². The molecule has 0 amide bonds. The maximum absolute atomic E-state index is 13.4. The predicted octanol–water partition coefficient (Wildman–Crippen LogP) is 6.54. The third-order valence-corrected chi connectivity index (χ3v) is 6.64. The fourth-order valence-electron chi connectivity index (χ4n) is 3.58. The Morgan fingerprint density at radius 2 is 1.88 bits per heavy atom. The topological polar surface area (TPSA) is 58.6 Å². The van der Waals surface area contributed by atoms with Gasteiger partial charge in [-0.1, -0.05) is 42.8 Å². The molecule has 2 N–H and O–H groups in total. The Hall–Kier alpha value is -2.86. The van der Waals surface area contributed by atoms with E-state index in [0.29, 0.717) is 22.1 Å². The highest BCUT2D eigenvalue weighted by Gasteiger charge is 2.22. The summed E-state index contributed by atoms with van der Waals surface area (Å²) in [5.41, 5.74) is 2.22. The summed E-state index contributed by atoms with van der Waals surface area (Å²) in [7, 11) is 0. The van der Waals surface area contributed by atoms with E-state index in [0.717, 1.165) is 46.5 Å². The molecule has 164 valence electrons. The van der Waals surface area contributed by atoms with Crippen LogP contribution in [0.1, 0.15) is 28.6 Å². The first-order valence-electron chi connectivity index (χ1n) is 10.6. The number of benzene rings is 3. The number of rotatable bonds is 9. The molecule has 0 saturated heterocycles. The maximum Gasteiger partial charge on any atom is 0.205 e. The molecule has 4 nitrogen and oxygen atoms in total. The second-order valence-corrected chi connectivity index (χ2v) is 8.83. The van der Waals surface area contributed by atoms with Gasteiger partial charge in [-0.05, 0) is 67.5 Å². The summed E-state index contributed by atoms with van der Waals surface area (Å²) in [4.78, 5) is 14.0. The summed E-state index contributed by atoms with van der Waals surface area (Å²) >= 11 is 7.68. The van der Waals surface area contributed by atoms with Crippen molar-refractivity contribution in [3.05, 3.63) is 82.2 Å². The smallest absolute Gasteiger partial charge is 0.205 e. The molecule has 4 rings (SSSR count). The highest BCUT2D eigenvalue weighted by atomic mass is 35.5. The number of carbonyl (C=O) groups excluding carboxylic acids is 1. The number of phenols is 1. The molecule has 6 heteroatoms. The van der Waals surface area contributed by atoms with Gasteiger partial charge in [0.15, 0.2) is 0 Å². The quantitative estimate of drug-likeness (QED) is 0.218. The van der Waals surface area contributed by atoms with Crippen LogP contribution in [0.3, 0.4) is 0 Å². The van der Waals surface area contributed by atoms with Gasteiger partial charge in [-0.25, -0.2) is 0 Å². The summed E-state index contributed by atoms with van der Waals surface area (Å²) < 4.78 is 6.68. The molecular weight excluding hydrogens is 442 g/mol. The zero-order chi connectivity index (χ0) is 22.5. The Morgan fingerprint density at radius 1 is 1.09 bits per heavy atom. The number of hydrogen-bond donors (Lipinski definition) is 2. The lowest BCUT2D eigenvalue weighted by molar-refractivity contribution is 0.104. The Bertz CT molecular complexity index is 1230. The molecule has 1 heterocycles. The van der Waals surface area contributed by atoms with Gasteiger partial charge in [-0.3, -0.25) is 4.79 Å². The van der Waals surface area contributed by atoms with E-state index >= 15 is 0 Å². The normalized spacial score (nSPS) is 11.1. The molecule has 0 aliphatic rings. The standard InChI is InChI=1S/C26H24ClNO3S/c1-2-28-14-5-15-31-19-11-8-17(9-12-19)24-21-13-10-18(29)16-23(21)32-26(24)25(30)20-6-3-4-7-22(20)27/h3-4,6-13,16,28-29H,2,5,14-15H2,1H3. The molecule has 0 spiro atoms. The van der Waals surface area contributed by atoms with Crippen LogP contribution in [-0.4, -0.2) is 30.6 Å². The molecule has 4 aromatic rings. The van der Waals surface area contributed by atoms with Gasteiger partial charge in [0.2, 0.25) is 5.78 Å². The summed E-state index contributed by atoms with van der Waals surface area (Å²) in [6, 6.07) is 20.0. The van der Waals surface area contributed by atoms with Gasteiger partial charge >= 0.3 is 0 Å². The van der Waals surface area contributed by atoms with Gasteiger partial charge in [0.1, 0.15) is 11.5 Å². The Labute approximate surface area is 196 Å². The van der Waals surface area contributed by atoms with Gasteiger partial charge in [0, 0.05) is 21.2 Å². The molecule has 32 heavy (non-hydrogen) atoms. The van der Waals surface area contributed by atoms with Crippen molar-refractivity contribution >= 4 is 38.8 Å². The highest BCUT2D eigenvalue weighted by Crippen LogP contribution is 2.42. The highest BCUT2D eigenvalue weighted by molar-refractivity contribution is 7.21. The van der Waals surface area contributed by atoms with E-state index in [9.17, 15) is 9.90 Å². The first-order chi connectivity index (χ1) is 15.6. The van der Waals surface area contributed by atoms with Crippen LogP contribution in [0.15, 0.2) is 66.7 Å². The van der Waals surface area contributed by atoms with Crippen molar-refractivity contribution in [2.24, 2.45) is 0 Å². The van der Waals surface area contributed by atoms with Crippen LogP contribution >= 0.6 is 22.9 Å². The van der Waals surface area contributed by atoms with Crippen LogP contribution in [0, 0.1) is 0 Å². The van der Waals surface area contributed by atoms with Gasteiger partial charge in [-0.15, -0.1) is 11.3 Å². The van der Waals surface area contributed by atoms with Gasteiger partial charge < -0.3 is 15.2 Å². The largest absolute Gasteiger partial charge is 0.508 e. The zero-order valence-electron chi connectivity index (χ0n) is 17.7.